The molecule has 0 amide bonds. The third-order valence-corrected chi connectivity index (χ3v) is 5.20. The predicted octanol–water partition coefficient (Wildman–Crippen LogP) is 5.53. The zero-order chi connectivity index (χ0) is 17.9. The van der Waals surface area contributed by atoms with E-state index in [1.165, 1.54) is 12.0 Å². The van der Waals surface area contributed by atoms with Crippen molar-refractivity contribution in [3.63, 3.8) is 0 Å². The smallest absolute Gasteiger partial charge is 0.293 e. The first-order chi connectivity index (χ1) is 11.2. The Morgan fingerprint density at radius 1 is 1.12 bits per heavy atom. The van der Waals surface area contributed by atoms with Gasteiger partial charge in [-0.05, 0) is 53.7 Å². The van der Waals surface area contributed by atoms with Gasteiger partial charge in [0.2, 0.25) is 0 Å². The average Bonchev–Trinajstić information content (AvgIpc) is 2.51. The molecule has 0 spiro atoms. The molecule has 24 heavy (non-hydrogen) atoms. The number of carbonyl (C=O) groups is 1. The van der Waals surface area contributed by atoms with E-state index < -0.39 is 5.97 Å². The van der Waals surface area contributed by atoms with Crippen LogP contribution in [0.2, 0.25) is 0 Å². The molecule has 3 heteroatoms. The fraction of sp³-hybridized carbons (Fsp3) is 0.667. The van der Waals surface area contributed by atoms with Gasteiger partial charge in [-0.25, -0.2) is 4.79 Å². The zero-order valence-electron chi connectivity index (χ0n) is 16.0. The molecule has 1 saturated carbocycles. The third-order valence-electron chi connectivity index (χ3n) is 5.20. The van der Waals surface area contributed by atoms with Gasteiger partial charge in [-0.1, -0.05) is 60.1 Å². The lowest BCUT2D eigenvalue weighted by molar-refractivity contribution is -0.296. The van der Waals surface area contributed by atoms with E-state index in [4.69, 9.17) is 9.78 Å². The molecule has 0 aliphatic heterocycles. The van der Waals surface area contributed by atoms with E-state index in [1.807, 2.05) is 24.3 Å². The van der Waals surface area contributed by atoms with Crippen LogP contribution in [0.5, 0.6) is 0 Å². The molecule has 0 N–H and O–H groups in total. The van der Waals surface area contributed by atoms with Crippen molar-refractivity contribution in [2.75, 3.05) is 0 Å². The minimum atomic E-state index is -0.406. The van der Waals surface area contributed by atoms with Gasteiger partial charge in [-0.2, -0.15) is 4.89 Å². The van der Waals surface area contributed by atoms with Crippen LogP contribution in [0.3, 0.4) is 0 Å². The Labute approximate surface area is 146 Å². The first kappa shape index (κ1) is 19.0. The van der Waals surface area contributed by atoms with Gasteiger partial charge < -0.3 is 0 Å². The largest absolute Gasteiger partial charge is 0.373 e. The summed E-state index contributed by atoms with van der Waals surface area (Å²) >= 11 is 0. The Bertz CT molecular complexity index is 539. The molecular weight excluding hydrogens is 300 g/mol. The molecule has 3 nitrogen and oxygen atoms in total. The van der Waals surface area contributed by atoms with Crippen LogP contribution in [0, 0.1) is 17.8 Å². The highest BCUT2D eigenvalue weighted by molar-refractivity contribution is 5.88. The molecule has 1 aliphatic rings. The maximum Gasteiger partial charge on any atom is 0.373 e. The fourth-order valence-electron chi connectivity index (χ4n) is 3.49. The van der Waals surface area contributed by atoms with Crippen LogP contribution in [0.15, 0.2) is 24.3 Å². The lowest BCUT2D eigenvalue weighted by Gasteiger charge is -2.35. The Morgan fingerprint density at radius 2 is 1.75 bits per heavy atom. The van der Waals surface area contributed by atoms with Gasteiger partial charge in [0.15, 0.2) is 0 Å². The van der Waals surface area contributed by atoms with Crippen LogP contribution in [0.4, 0.5) is 0 Å². The van der Waals surface area contributed by atoms with Gasteiger partial charge in [-0.3, -0.25) is 4.89 Å². The Balaban J connectivity index is 1.96. The standard InChI is InChI=1S/C21H32O3/c1-14(2)18-12-7-15(3)13-19(18)23-24-20(22)16-8-10-17(11-9-16)21(4,5)6/h8-11,14-15,18-19H,7,12-13H2,1-6H3. The lowest BCUT2D eigenvalue weighted by Crippen LogP contribution is -2.34. The van der Waals surface area contributed by atoms with Gasteiger partial charge in [0.25, 0.3) is 0 Å². The molecule has 3 atom stereocenters. The van der Waals surface area contributed by atoms with Crippen LogP contribution in [0.25, 0.3) is 0 Å². The molecule has 3 unspecified atom stereocenters. The highest BCUT2D eigenvalue weighted by Crippen LogP contribution is 2.35. The summed E-state index contributed by atoms with van der Waals surface area (Å²) in [5, 5.41) is 0. The van der Waals surface area contributed by atoms with Crippen LogP contribution in [-0.4, -0.2) is 12.1 Å². The number of hydrogen-bond acceptors (Lipinski definition) is 3. The summed E-state index contributed by atoms with van der Waals surface area (Å²) in [6.45, 7) is 13.1. The molecule has 2 rings (SSSR count). The molecule has 1 aromatic carbocycles. The van der Waals surface area contributed by atoms with E-state index in [1.54, 1.807) is 0 Å². The summed E-state index contributed by atoms with van der Waals surface area (Å²) in [4.78, 5) is 23.0. The van der Waals surface area contributed by atoms with Crippen molar-refractivity contribution in [2.24, 2.45) is 17.8 Å². The summed E-state index contributed by atoms with van der Waals surface area (Å²) in [5.74, 6) is 1.20. The summed E-state index contributed by atoms with van der Waals surface area (Å²) in [6.07, 6.45) is 3.33. The molecule has 0 aromatic heterocycles. The van der Waals surface area contributed by atoms with Gasteiger partial charge in [-0.15, -0.1) is 0 Å². The zero-order valence-corrected chi connectivity index (χ0v) is 16.0. The summed E-state index contributed by atoms with van der Waals surface area (Å²) in [7, 11) is 0. The van der Waals surface area contributed by atoms with E-state index in [-0.39, 0.29) is 11.5 Å². The molecule has 0 saturated heterocycles. The molecule has 0 heterocycles. The van der Waals surface area contributed by atoms with Crippen molar-refractivity contribution in [3.8, 4) is 0 Å². The van der Waals surface area contributed by atoms with Crippen molar-refractivity contribution in [1.29, 1.82) is 0 Å². The monoisotopic (exact) mass is 332 g/mol. The Kier molecular flexibility index (Phi) is 6.08. The van der Waals surface area contributed by atoms with Crippen LogP contribution in [-0.2, 0) is 15.2 Å². The van der Waals surface area contributed by atoms with Crippen LogP contribution in [0.1, 0.15) is 76.7 Å². The maximum absolute atomic E-state index is 12.3. The lowest BCUT2D eigenvalue weighted by atomic mass is 9.75. The van der Waals surface area contributed by atoms with E-state index in [0.717, 1.165) is 12.8 Å². The molecule has 0 bridgehead atoms. The van der Waals surface area contributed by atoms with Gasteiger partial charge in [0, 0.05) is 0 Å². The van der Waals surface area contributed by atoms with E-state index in [2.05, 4.69) is 41.5 Å². The molecule has 134 valence electrons. The summed E-state index contributed by atoms with van der Waals surface area (Å²) in [5.41, 5.74) is 1.80. The molecule has 1 aromatic rings. The Hall–Kier alpha value is -1.35. The van der Waals surface area contributed by atoms with Crippen molar-refractivity contribution in [1.82, 2.24) is 0 Å². The average molecular weight is 332 g/mol. The molecular formula is C21H32O3. The quantitative estimate of drug-likeness (QED) is 0.537. The predicted molar refractivity (Wildman–Crippen MR) is 96.8 cm³/mol. The number of benzene rings is 1. The number of carbonyl (C=O) groups excluding carboxylic acids is 1. The highest BCUT2D eigenvalue weighted by Gasteiger charge is 2.33. The van der Waals surface area contributed by atoms with Gasteiger partial charge in [0.05, 0.1) is 5.56 Å². The van der Waals surface area contributed by atoms with E-state index in [9.17, 15) is 4.79 Å². The minimum Gasteiger partial charge on any atom is -0.293 e. The van der Waals surface area contributed by atoms with Crippen LogP contribution < -0.4 is 0 Å². The molecule has 1 fully saturated rings. The SMILES string of the molecule is CC1CCC(C(C)C)C(OOC(=O)c2ccc(C(C)(C)C)cc2)C1. The minimum absolute atomic E-state index is 0.00606. The van der Waals surface area contributed by atoms with Crippen molar-refractivity contribution in [3.05, 3.63) is 35.4 Å². The number of hydrogen-bond donors (Lipinski definition) is 0. The summed E-state index contributed by atoms with van der Waals surface area (Å²) < 4.78 is 0. The van der Waals surface area contributed by atoms with E-state index in [0.29, 0.717) is 23.3 Å². The van der Waals surface area contributed by atoms with Gasteiger partial charge in [0.1, 0.15) is 6.10 Å². The molecule has 0 radical (unpaired) electrons. The second-order valence-electron chi connectivity index (χ2n) is 8.66. The topological polar surface area (TPSA) is 35.5 Å². The van der Waals surface area contributed by atoms with E-state index >= 15 is 0 Å². The maximum atomic E-state index is 12.3. The first-order valence-corrected chi connectivity index (χ1v) is 9.16. The number of rotatable bonds is 4. The van der Waals surface area contributed by atoms with Gasteiger partial charge >= 0.3 is 5.97 Å². The fourth-order valence-corrected chi connectivity index (χ4v) is 3.49. The molecule has 1 aliphatic carbocycles. The van der Waals surface area contributed by atoms with Crippen molar-refractivity contribution in [2.45, 2.75) is 72.3 Å². The second-order valence-corrected chi connectivity index (χ2v) is 8.66. The Morgan fingerprint density at radius 3 is 2.29 bits per heavy atom. The third kappa shape index (κ3) is 4.83. The second kappa shape index (κ2) is 7.69. The van der Waals surface area contributed by atoms with Crippen molar-refractivity contribution < 1.29 is 14.6 Å². The highest BCUT2D eigenvalue weighted by atomic mass is 17.2. The normalized spacial score (nSPS) is 24.9. The van der Waals surface area contributed by atoms with Crippen LogP contribution >= 0.6 is 0 Å². The van der Waals surface area contributed by atoms with Crippen molar-refractivity contribution >= 4 is 5.97 Å². The first-order valence-electron chi connectivity index (χ1n) is 9.16. The summed E-state index contributed by atoms with van der Waals surface area (Å²) in [6, 6.07) is 7.60.